The molecule has 2 aromatic rings. The van der Waals surface area contributed by atoms with Crippen molar-refractivity contribution in [3.8, 4) is 5.75 Å². The van der Waals surface area contributed by atoms with Gasteiger partial charge in [0.2, 0.25) is 0 Å². The van der Waals surface area contributed by atoms with Crippen LogP contribution in [0.3, 0.4) is 0 Å². The fourth-order valence-electron chi connectivity index (χ4n) is 3.08. The molecule has 1 aliphatic heterocycles. The number of nitrogens with zero attached hydrogens (tertiary/aromatic N) is 3. The molecule has 2 atom stereocenters. The van der Waals surface area contributed by atoms with Crippen LogP contribution in [0, 0.1) is 12.8 Å². The highest BCUT2D eigenvalue weighted by Gasteiger charge is 2.33. The van der Waals surface area contributed by atoms with Gasteiger partial charge in [-0.25, -0.2) is 0 Å². The third-order valence-electron chi connectivity index (χ3n) is 4.21. The van der Waals surface area contributed by atoms with E-state index in [0.29, 0.717) is 6.54 Å². The second-order valence-electron chi connectivity index (χ2n) is 5.71. The zero-order valence-corrected chi connectivity index (χ0v) is 12.9. The average Bonchev–Trinajstić information content (AvgIpc) is 2.89. The number of rotatable bonds is 4. The molecule has 0 spiro atoms. The van der Waals surface area contributed by atoms with Gasteiger partial charge in [0.25, 0.3) is 0 Å². The number of pyridine rings is 2. The van der Waals surface area contributed by atoms with Crippen LogP contribution >= 0.6 is 0 Å². The molecule has 3 heterocycles. The van der Waals surface area contributed by atoms with E-state index >= 15 is 0 Å². The Morgan fingerprint density at radius 1 is 1.23 bits per heavy atom. The molecule has 22 heavy (non-hydrogen) atoms. The van der Waals surface area contributed by atoms with Gasteiger partial charge < -0.3 is 14.7 Å². The van der Waals surface area contributed by atoms with Crippen molar-refractivity contribution in [2.24, 2.45) is 5.92 Å². The van der Waals surface area contributed by atoms with Crippen LogP contribution in [0.1, 0.15) is 11.4 Å². The van der Waals surface area contributed by atoms with Crippen molar-refractivity contribution < 1.29 is 9.84 Å². The van der Waals surface area contributed by atoms with Crippen molar-refractivity contribution in [3.05, 3.63) is 48.0 Å². The Kier molecular flexibility index (Phi) is 4.24. The Labute approximate surface area is 130 Å². The summed E-state index contributed by atoms with van der Waals surface area (Å²) in [5.41, 5.74) is 2.88. The Morgan fingerprint density at radius 3 is 2.82 bits per heavy atom. The van der Waals surface area contributed by atoms with Gasteiger partial charge in [0.05, 0.1) is 24.6 Å². The predicted molar refractivity (Wildman–Crippen MR) is 85.2 cm³/mol. The Bertz CT molecular complexity index is 633. The van der Waals surface area contributed by atoms with E-state index in [0.717, 1.165) is 35.8 Å². The van der Waals surface area contributed by atoms with Crippen molar-refractivity contribution in [3.63, 3.8) is 0 Å². The van der Waals surface area contributed by atoms with Crippen molar-refractivity contribution in [1.29, 1.82) is 0 Å². The molecular formula is C17H21N3O2. The van der Waals surface area contributed by atoms with Crippen LogP contribution in [-0.2, 0) is 6.42 Å². The van der Waals surface area contributed by atoms with E-state index in [4.69, 9.17) is 4.74 Å². The van der Waals surface area contributed by atoms with Crippen molar-refractivity contribution in [2.45, 2.75) is 19.4 Å². The quantitative estimate of drug-likeness (QED) is 0.933. The first kappa shape index (κ1) is 14.8. The number of β-amino-alcohol motifs (C(OH)–C–C–N with tert-alkyl or cyclic N) is 1. The third kappa shape index (κ3) is 2.90. The van der Waals surface area contributed by atoms with Gasteiger partial charge >= 0.3 is 0 Å². The third-order valence-corrected chi connectivity index (χ3v) is 4.21. The van der Waals surface area contributed by atoms with Gasteiger partial charge in [-0.2, -0.15) is 0 Å². The predicted octanol–water partition coefficient (Wildman–Crippen LogP) is 1.83. The molecule has 3 rings (SSSR count). The summed E-state index contributed by atoms with van der Waals surface area (Å²) < 4.78 is 5.48. The largest absolute Gasteiger partial charge is 0.493 e. The summed E-state index contributed by atoms with van der Waals surface area (Å²) in [6.45, 7) is 3.33. The highest BCUT2D eigenvalue weighted by Crippen LogP contribution is 2.34. The van der Waals surface area contributed by atoms with Gasteiger partial charge in [-0.3, -0.25) is 9.97 Å². The minimum atomic E-state index is -0.361. The molecule has 5 heteroatoms. The number of aliphatic hydroxyl groups is 1. The highest BCUT2D eigenvalue weighted by molar-refractivity contribution is 5.60. The standard InChI is InChI=1S/C17H21N3O2/c1-12-17(22-2)15(6-8-18-12)20-10-13(16(21)11-20)9-14-5-3-4-7-19-14/h3-8,13,16,21H,9-11H2,1-2H3/t13-,16-/m1/s1. The van der Waals surface area contributed by atoms with E-state index in [2.05, 4.69) is 14.9 Å². The Morgan fingerprint density at radius 2 is 2.09 bits per heavy atom. The minimum Gasteiger partial charge on any atom is -0.493 e. The van der Waals surface area contributed by atoms with Crippen LogP contribution in [0.5, 0.6) is 5.75 Å². The first-order valence-corrected chi connectivity index (χ1v) is 7.51. The average molecular weight is 299 g/mol. The molecule has 0 saturated carbocycles. The van der Waals surface area contributed by atoms with Gasteiger partial charge in [-0.1, -0.05) is 6.07 Å². The maximum absolute atomic E-state index is 10.4. The van der Waals surface area contributed by atoms with E-state index in [1.54, 1.807) is 19.5 Å². The molecule has 0 amide bonds. The van der Waals surface area contributed by atoms with Gasteiger partial charge in [0.15, 0.2) is 5.75 Å². The highest BCUT2D eigenvalue weighted by atomic mass is 16.5. The molecule has 5 nitrogen and oxygen atoms in total. The molecular weight excluding hydrogens is 278 g/mol. The maximum Gasteiger partial charge on any atom is 0.163 e. The summed E-state index contributed by atoms with van der Waals surface area (Å²) in [7, 11) is 1.66. The van der Waals surface area contributed by atoms with Crippen molar-refractivity contribution >= 4 is 5.69 Å². The zero-order chi connectivity index (χ0) is 15.5. The van der Waals surface area contributed by atoms with E-state index in [1.165, 1.54) is 0 Å². The molecule has 1 saturated heterocycles. The van der Waals surface area contributed by atoms with Crippen LogP contribution < -0.4 is 9.64 Å². The monoisotopic (exact) mass is 299 g/mol. The van der Waals surface area contributed by atoms with Crippen LogP contribution in [-0.4, -0.2) is 41.4 Å². The summed E-state index contributed by atoms with van der Waals surface area (Å²) in [4.78, 5) is 10.8. The Hall–Kier alpha value is -2.14. The molecule has 0 bridgehead atoms. The molecule has 1 N–H and O–H groups in total. The van der Waals surface area contributed by atoms with Crippen molar-refractivity contribution in [2.75, 3.05) is 25.1 Å². The molecule has 1 aliphatic rings. The summed E-state index contributed by atoms with van der Waals surface area (Å²) in [5.74, 6) is 0.960. The Balaban J connectivity index is 1.77. The second-order valence-corrected chi connectivity index (χ2v) is 5.71. The second kappa shape index (κ2) is 6.32. The molecule has 0 aromatic carbocycles. The van der Waals surface area contributed by atoms with E-state index in [-0.39, 0.29) is 12.0 Å². The fraction of sp³-hybridized carbons (Fsp3) is 0.412. The number of aromatic nitrogens is 2. The number of aryl methyl sites for hydroxylation is 1. The minimum absolute atomic E-state index is 0.174. The van der Waals surface area contributed by atoms with Crippen LogP contribution in [0.2, 0.25) is 0 Å². The number of anilines is 1. The molecule has 2 aromatic heterocycles. The summed E-state index contributed by atoms with van der Waals surface area (Å²) in [6.07, 6.45) is 4.00. The van der Waals surface area contributed by atoms with Gasteiger partial charge in [0.1, 0.15) is 0 Å². The summed E-state index contributed by atoms with van der Waals surface area (Å²) in [6, 6.07) is 7.84. The van der Waals surface area contributed by atoms with Gasteiger partial charge in [-0.15, -0.1) is 0 Å². The number of ether oxygens (including phenoxy) is 1. The topological polar surface area (TPSA) is 58.5 Å². The fourth-order valence-corrected chi connectivity index (χ4v) is 3.08. The number of hydrogen-bond donors (Lipinski definition) is 1. The number of methoxy groups -OCH3 is 1. The molecule has 0 radical (unpaired) electrons. The first-order chi connectivity index (χ1) is 10.7. The lowest BCUT2D eigenvalue weighted by molar-refractivity contribution is 0.148. The van der Waals surface area contributed by atoms with Crippen LogP contribution in [0.25, 0.3) is 0 Å². The van der Waals surface area contributed by atoms with Gasteiger partial charge in [0, 0.05) is 37.1 Å². The lowest BCUT2D eigenvalue weighted by atomic mass is 10.00. The summed E-state index contributed by atoms with van der Waals surface area (Å²) in [5, 5.41) is 10.4. The van der Waals surface area contributed by atoms with E-state index < -0.39 is 0 Å². The molecule has 1 fully saturated rings. The maximum atomic E-state index is 10.4. The number of hydrogen-bond acceptors (Lipinski definition) is 5. The van der Waals surface area contributed by atoms with E-state index in [1.807, 2.05) is 31.2 Å². The van der Waals surface area contributed by atoms with Crippen molar-refractivity contribution in [1.82, 2.24) is 9.97 Å². The van der Waals surface area contributed by atoms with Crippen LogP contribution in [0.4, 0.5) is 5.69 Å². The lowest BCUT2D eigenvalue weighted by Crippen LogP contribution is -2.22. The smallest absolute Gasteiger partial charge is 0.163 e. The molecule has 0 unspecified atom stereocenters. The molecule has 116 valence electrons. The zero-order valence-electron chi connectivity index (χ0n) is 12.9. The number of aliphatic hydroxyl groups excluding tert-OH is 1. The SMILES string of the molecule is COc1c(N2C[C@@H](Cc3ccccn3)[C@H](O)C2)ccnc1C. The summed E-state index contributed by atoms with van der Waals surface area (Å²) >= 11 is 0. The van der Waals surface area contributed by atoms with Gasteiger partial charge in [-0.05, 0) is 31.5 Å². The van der Waals surface area contributed by atoms with E-state index in [9.17, 15) is 5.11 Å². The molecule has 0 aliphatic carbocycles. The first-order valence-electron chi connectivity index (χ1n) is 7.51. The lowest BCUT2D eigenvalue weighted by Gasteiger charge is -2.21. The normalized spacial score (nSPS) is 21.1. The van der Waals surface area contributed by atoms with Crippen LogP contribution in [0.15, 0.2) is 36.7 Å².